The lowest BCUT2D eigenvalue weighted by Crippen LogP contribution is -2.12. The summed E-state index contributed by atoms with van der Waals surface area (Å²) in [6, 6.07) is 14.2. The van der Waals surface area contributed by atoms with E-state index in [4.69, 9.17) is 4.42 Å². The van der Waals surface area contributed by atoms with Crippen LogP contribution in [-0.2, 0) is 11.2 Å². The molecule has 0 aliphatic heterocycles. The maximum absolute atomic E-state index is 12.2. The number of aromatic nitrogens is 1. The molecule has 1 N–H and O–H groups in total. The molecule has 3 rings (SSSR count). The predicted molar refractivity (Wildman–Crippen MR) is 109 cm³/mol. The van der Waals surface area contributed by atoms with E-state index in [0.29, 0.717) is 24.7 Å². The van der Waals surface area contributed by atoms with Crippen LogP contribution in [0.5, 0.6) is 0 Å². The van der Waals surface area contributed by atoms with E-state index >= 15 is 0 Å². The highest BCUT2D eigenvalue weighted by atomic mass is 16.4. The number of anilines is 1. The van der Waals surface area contributed by atoms with Gasteiger partial charge in [0.1, 0.15) is 0 Å². The number of hydrogen-bond acceptors (Lipinski definition) is 3. The molecule has 0 atom stereocenters. The first kappa shape index (κ1) is 18.9. The van der Waals surface area contributed by atoms with Crippen LogP contribution < -0.4 is 5.32 Å². The van der Waals surface area contributed by atoms with E-state index in [-0.39, 0.29) is 5.91 Å². The summed E-state index contributed by atoms with van der Waals surface area (Å²) in [5.41, 5.74) is 5.48. The number of rotatable bonds is 6. The van der Waals surface area contributed by atoms with Crippen LogP contribution in [0.2, 0.25) is 0 Å². The molecule has 0 aliphatic rings. The van der Waals surface area contributed by atoms with E-state index in [1.807, 2.05) is 37.3 Å². The molecule has 4 heteroatoms. The quantitative estimate of drug-likeness (QED) is 0.616. The van der Waals surface area contributed by atoms with Crippen molar-refractivity contribution in [3.63, 3.8) is 0 Å². The van der Waals surface area contributed by atoms with Gasteiger partial charge in [0.25, 0.3) is 0 Å². The van der Waals surface area contributed by atoms with Crippen LogP contribution in [0.4, 0.5) is 5.69 Å². The molecule has 0 saturated carbocycles. The minimum atomic E-state index is -0.0423. The van der Waals surface area contributed by atoms with Crippen LogP contribution in [0, 0.1) is 13.8 Å². The molecular formula is C23H26N2O2. The maximum Gasteiger partial charge on any atom is 0.224 e. The Bertz CT molecular complexity index is 924. The molecule has 3 aromatic rings. The number of carbonyl (C=O) groups is 1. The highest BCUT2D eigenvalue weighted by Gasteiger charge is 2.10. The molecule has 4 nitrogen and oxygen atoms in total. The third-order valence-electron chi connectivity index (χ3n) is 4.77. The fraction of sp³-hybridized carbons (Fsp3) is 0.304. The lowest BCUT2D eigenvalue weighted by atomic mass is 10.0. The van der Waals surface area contributed by atoms with Crippen molar-refractivity contribution in [1.29, 1.82) is 0 Å². The molecule has 1 aromatic heterocycles. The molecule has 0 aliphatic carbocycles. The minimum Gasteiger partial charge on any atom is -0.441 e. The summed E-state index contributed by atoms with van der Waals surface area (Å²) in [6.07, 6.45) is 2.53. The Morgan fingerprint density at radius 2 is 1.81 bits per heavy atom. The van der Waals surface area contributed by atoms with Crippen molar-refractivity contribution < 1.29 is 9.21 Å². The molecular weight excluding hydrogens is 336 g/mol. The molecule has 1 heterocycles. The third-order valence-corrected chi connectivity index (χ3v) is 4.77. The highest BCUT2D eigenvalue weighted by molar-refractivity contribution is 5.90. The van der Waals surface area contributed by atoms with Crippen LogP contribution in [0.3, 0.4) is 0 Å². The standard InChI is InChI=1S/C23H26N2O2/c1-15(2)18-6-8-19(9-7-18)21-14-24-23(27-21)12-11-22(26)25-20-10-5-16(3)17(4)13-20/h5-10,13-15H,11-12H2,1-4H3,(H,25,26). The third kappa shape index (κ3) is 4.85. The van der Waals surface area contributed by atoms with Crippen LogP contribution in [-0.4, -0.2) is 10.9 Å². The molecule has 140 valence electrons. The van der Waals surface area contributed by atoms with Gasteiger partial charge in [-0.15, -0.1) is 0 Å². The topological polar surface area (TPSA) is 55.1 Å². The first-order valence-corrected chi connectivity index (χ1v) is 9.34. The van der Waals surface area contributed by atoms with Crippen LogP contribution in [0.15, 0.2) is 53.1 Å². The second-order valence-corrected chi connectivity index (χ2v) is 7.24. The van der Waals surface area contributed by atoms with Gasteiger partial charge >= 0.3 is 0 Å². The molecule has 1 amide bonds. The van der Waals surface area contributed by atoms with Crippen molar-refractivity contribution >= 4 is 11.6 Å². The zero-order chi connectivity index (χ0) is 19.4. The van der Waals surface area contributed by atoms with Crippen LogP contribution in [0.1, 0.15) is 48.8 Å². The largest absolute Gasteiger partial charge is 0.441 e. The van der Waals surface area contributed by atoms with Crippen molar-refractivity contribution in [3.05, 3.63) is 71.2 Å². The average molecular weight is 362 g/mol. The minimum absolute atomic E-state index is 0.0423. The van der Waals surface area contributed by atoms with Crippen molar-refractivity contribution in [2.45, 2.75) is 46.5 Å². The van der Waals surface area contributed by atoms with Gasteiger partial charge in [0.2, 0.25) is 5.91 Å². The normalized spacial score (nSPS) is 11.0. The van der Waals surface area contributed by atoms with Crippen molar-refractivity contribution in [2.24, 2.45) is 0 Å². The van der Waals surface area contributed by atoms with E-state index < -0.39 is 0 Å². The van der Waals surface area contributed by atoms with Crippen LogP contribution in [0.25, 0.3) is 11.3 Å². The fourth-order valence-electron chi connectivity index (χ4n) is 2.85. The molecule has 0 bridgehead atoms. The number of aryl methyl sites for hydroxylation is 3. The summed E-state index contributed by atoms with van der Waals surface area (Å²) in [4.78, 5) is 16.5. The monoisotopic (exact) mass is 362 g/mol. The summed E-state index contributed by atoms with van der Waals surface area (Å²) in [7, 11) is 0. The summed E-state index contributed by atoms with van der Waals surface area (Å²) in [5, 5.41) is 2.93. The first-order valence-electron chi connectivity index (χ1n) is 9.34. The maximum atomic E-state index is 12.2. The van der Waals surface area contributed by atoms with E-state index in [9.17, 15) is 4.79 Å². The molecule has 27 heavy (non-hydrogen) atoms. The number of carbonyl (C=O) groups excluding carboxylic acids is 1. The summed E-state index contributed by atoms with van der Waals surface area (Å²) in [6.45, 7) is 8.43. The Morgan fingerprint density at radius 1 is 1.07 bits per heavy atom. The van der Waals surface area contributed by atoms with Crippen LogP contribution >= 0.6 is 0 Å². The molecule has 0 radical (unpaired) electrons. The Labute approximate surface area is 160 Å². The Balaban J connectivity index is 1.57. The van der Waals surface area contributed by atoms with E-state index in [0.717, 1.165) is 22.6 Å². The van der Waals surface area contributed by atoms with Gasteiger partial charge in [-0.3, -0.25) is 4.79 Å². The lowest BCUT2D eigenvalue weighted by molar-refractivity contribution is -0.116. The van der Waals surface area contributed by atoms with E-state index in [1.54, 1.807) is 6.20 Å². The van der Waals surface area contributed by atoms with Gasteiger partial charge in [-0.1, -0.05) is 44.2 Å². The molecule has 0 fully saturated rings. The number of nitrogens with one attached hydrogen (secondary N) is 1. The molecule has 2 aromatic carbocycles. The highest BCUT2D eigenvalue weighted by Crippen LogP contribution is 2.24. The van der Waals surface area contributed by atoms with Gasteiger partial charge in [0.15, 0.2) is 11.7 Å². The smallest absolute Gasteiger partial charge is 0.224 e. The number of amides is 1. The zero-order valence-corrected chi connectivity index (χ0v) is 16.4. The van der Waals surface area contributed by atoms with Crippen molar-refractivity contribution in [3.8, 4) is 11.3 Å². The van der Waals surface area contributed by atoms with E-state index in [2.05, 4.69) is 43.2 Å². The lowest BCUT2D eigenvalue weighted by Gasteiger charge is -2.07. The van der Waals surface area contributed by atoms with Gasteiger partial charge in [0, 0.05) is 24.1 Å². The van der Waals surface area contributed by atoms with Gasteiger partial charge in [-0.2, -0.15) is 0 Å². The molecule has 0 spiro atoms. The van der Waals surface area contributed by atoms with Gasteiger partial charge < -0.3 is 9.73 Å². The summed E-state index contributed by atoms with van der Waals surface area (Å²) in [5.74, 6) is 1.77. The second-order valence-electron chi connectivity index (χ2n) is 7.24. The zero-order valence-electron chi connectivity index (χ0n) is 16.4. The Hall–Kier alpha value is -2.88. The Morgan fingerprint density at radius 3 is 2.48 bits per heavy atom. The SMILES string of the molecule is Cc1ccc(NC(=O)CCc2ncc(-c3ccc(C(C)C)cc3)o2)cc1C. The summed E-state index contributed by atoms with van der Waals surface area (Å²) < 4.78 is 5.81. The second kappa shape index (κ2) is 8.21. The number of hydrogen-bond donors (Lipinski definition) is 1. The fourth-order valence-corrected chi connectivity index (χ4v) is 2.85. The van der Waals surface area contributed by atoms with Gasteiger partial charge in [-0.25, -0.2) is 4.98 Å². The first-order chi connectivity index (χ1) is 12.9. The summed E-state index contributed by atoms with van der Waals surface area (Å²) >= 11 is 0. The molecule has 0 saturated heterocycles. The average Bonchev–Trinajstić information content (AvgIpc) is 3.12. The Kier molecular flexibility index (Phi) is 5.75. The number of oxazole rings is 1. The number of nitrogens with zero attached hydrogens (tertiary/aromatic N) is 1. The number of benzene rings is 2. The predicted octanol–water partition coefficient (Wildman–Crippen LogP) is 5.65. The molecule has 0 unspecified atom stereocenters. The van der Waals surface area contributed by atoms with E-state index in [1.165, 1.54) is 11.1 Å². The van der Waals surface area contributed by atoms with Gasteiger partial charge in [-0.05, 0) is 48.6 Å². The van der Waals surface area contributed by atoms with Gasteiger partial charge in [0.05, 0.1) is 6.20 Å². The van der Waals surface area contributed by atoms with Crippen molar-refractivity contribution in [1.82, 2.24) is 4.98 Å². The van der Waals surface area contributed by atoms with Crippen molar-refractivity contribution in [2.75, 3.05) is 5.32 Å².